The average molecular weight is 255 g/mol. The maximum absolute atomic E-state index is 4.05. The van der Waals surface area contributed by atoms with E-state index in [0.29, 0.717) is 0 Å². The summed E-state index contributed by atoms with van der Waals surface area (Å²) < 4.78 is 3.31. The lowest BCUT2D eigenvalue weighted by molar-refractivity contribution is 0.171. The molecule has 0 saturated heterocycles. The molecule has 0 aliphatic carbocycles. The summed E-state index contributed by atoms with van der Waals surface area (Å²) in [4.78, 5) is 0. The van der Waals surface area contributed by atoms with E-state index < -0.39 is 8.32 Å². The normalized spacial score (nSPS) is 13.7. The molecule has 1 atom stereocenters. The van der Waals surface area contributed by atoms with Crippen LogP contribution in [0.15, 0.2) is 72.9 Å². The summed E-state index contributed by atoms with van der Waals surface area (Å²) >= 11 is 0. The van der Waals surface area contributed by atoms with Crippen LogP contribution >= 0.6 is 0 Å². The van der Waals surface area contributed by atoms with Crippen molar-refractivity contribution in [3.63, 3.8) is 0 Å². The molecule has 0 aromatic heterocycles. The molecular weight excluding hydrogens is 236 g/mol. The molecule has 0 radical (unpaired) electrons. The number of hydrogen-bond donors (Lipinski definition) is 0. The summed E-state index contributed by atoms with van der Waals surface area (Å²) in [5, 5.41) is 1.34. The van der Waals surface area contributed by atoms with Crippen molar-refractivity contribution in [2.24, 2.45) is 0 Å². The van der Waals surface area contributed by atoms with Crippen molar-refractivity contribution in [1.82, 2.24) is 0 Å². The quantitative estimate of drug-likeness (QED) is 0.577. The van der Waals surface area contributed by atoms with Gasteiger partial charge in [0.2, 0.25) is 5.75 Å². The molecule has 0 saturated carbocycles. The fraction of sp³-hybridized carbons (Fsp3) is 0.125. The molecule has 2 aromatic carbocycles. The second-order valence-electron chi connectivity index (χ2n) is 4.50. The first-order valence-electron chi connectivity index (χ1n) is 6.08. The lowest BCUT2D eigenvalue weighted by Crippen LogP contribution is -2.50. The van der Waals surface area contributed by atoms with Crippen LogP contribution in [-0.4, -0.2) is 15.4 Å². The van der Waals surface area contributed by atoms with Crippen molar-refractivity contribution in [3.8, 4) is 5.75 Å². The van der Waals surface area contributed by atoms with Crippen LogP contribution in [-0.2, 0) is 4.06 Å². The molecule has 92 valence electrons. The molecule has 0 N–H and O–H groups in total. The van der Waals surface area contributed by atoms with E-state index in [1.807, 2.05) is 6.07 Å². The highest BCUT2D eigenvalue weighted by molar-refractivity contribution is 6.90. The van der Waals surface area contributed by atoms with Crippen LogP contribution in [0, 0.1) is 0 Å². The summed E-state index contributed by atoms with van der Waals surface area (Å²) in [5.74, 6) is 1.16. The molecule has 2 rings (SSSR count). The van der Waals surface area contributed by atoms with E-state index in [0.717, 1.165) is 5.75 Å². The third kappa shape index (κ3) is 2.24. The maximum Gasteiger partial charge on any atom is 0.488 e. The zero-order valence-corrected chi connectivity index (χ0v) is 12.0. The zero-order valence-electron chi connectivity index (χ0n) is 11.0. The van der Waals surface area contributed by atoms with Crippen LogP contribution in [0.25, 0.3) is 0 Å². The van der Waals surface area contributed by atoms with Gasteiger partial charge in [0.05, 0.1) is 0 Å². The van der Waals surface area contributed by atoms with E-state index in [9.17, 15) is 0 Å². The largest absolute Gasteiger partial charge is 0.674 e. The Morgan fingerprint density at radius 3 is 1.94 bits per heavy atom. The highest BCUT2D eigenvalue weighted by Gasteiger charge is 2.43. The molecule has 2 aromatic rings. The Kier molecular flexibility index (Phi) is 3.68. The van der Waals surface area contributed by atoms with Crippen molar-refractivity contribution >= 4 is 13.5 Å². The highest BCUT2D eigenvalue weighted by atomic mass is 28.4. The van der Waals surface area contributed by atoms with Gasteiger partial charge in [-0.25, -0.2) is 0 Å². The van der Waals surface area contributed by atoms with E-state index in [1.165, 1.54) is 5.19 Å². The molecule has 0 heterocycles. The van der Waals surface area contributed by atoms with E-state index in [-0.39, 0.29) is 0 Å². The Bertz CT molecular complexity index is 509. The van der Waals surface area contributed by atoms with Crippen molar-refractivity contribution in [3.05, 3.63) is 72.9 Å². The lowest BCUT2D eigenvalue weighted by Gasteiger charge is -2.34. The first-order valence-corrected chi connectivity index (χ1v) is 8.57. The Morgan fingerprint density at radius 2 is 1.44 bits per heavy atom. The van der Waals surface area contributed by atoms with Crippen LogP contribution in [0.1, 0.15) is 0 Å². The second kappa shape index (κ2) is 5.23. The number of benzene rings is 2. The van der Waals surface area contributed by atoms with Crippen molar-refractivity contribution in [2.75, 3.05) is 7.11 Å². The molecule has 0 amide bonds. The monoisotopic (exact) mass is 255 g/mol. The summed E-state index contributed by atoms with van der Waals surface area (Å²) in [5.41, 5.74) is 2.10. The number of rotatable bonds is 4. The third-order valence-corrected chi connectivity index (χ3v) is 7.24. The molecule has 2 heteroatoms. The minimum Gasteiger partial charge on any atom is -0.674 e. The first-order chi connectivity index (χ1) is 8.68. The molecule has 0 fully saturated rings. The molecule has 0 aliphatic heterocycles. The molecular formula is C16H19OSi+. The van der Waals surface area contributed by atoms with Gasteiger partial charge in [0, 0.05) is 23.9 Å². The van der Waals surface area contributed by atoms with Gasteiger partial charge in [-0.1, -0.05) is 55.1 Å². The van der Waals surface area contributed by atoms with Crippen molar-refractivity contribution < 1.29 is 4.06 Å². The van der Waals surface area contributed by atoms with Crippen LogP contribution in [0.5, 0.6) is 5.75 Å². The van der Waals surface area contributed by atoms with Crippen LogP contribution < -0.4 is 5.19 Å². The van der Waals surface area contributed by atoms with Gasteiger partial charge in [-0.2, -0.15) is 0 Å². The summed E-state index contributed by atoms with van der Waals surface area (Å²) in [6.45, 7) is 6.34. The van der Waals surface area contributed by atoms with Gasteiger partial charge < -0.3 is 4.06 Å². The van der Waals surface area contributed by atoms with E-state index in [2.05, 4.69) is 84.6 Å². The summed E-state index contributed by atoms with van der Waals surface area (Å²) in [7, 11) is 0.150. The molecule has 1 nitrogen and oxygen atoms in total. The molecule has 0 aliphatic rings. The molecule has 0 spiro atoms. The molecule has 0 bridgehead atoms. The van der Waals surface area contributed by atoms with Gasteiger partial charge in [0.15, 0.2) is 0 Å². The van der Waals surface area contributed by atoms with E-state index in [1.54, 1.807) is 0 Å². The fourth-order valence-electron chi connectivity index (χ4n) is 2.06. The van der Waals surface area contributed by atoms with Gasteiger partial charge in [-0.15, -0.1) is 0 Å². The minimum absolute atomic E-state index is 1.16. The highest BCUT2D eigenvalue weighted by Crippen LogP contribution is 2.29. The summed E-state index contributed by atoms with van der Waals surface area (Å²) in [6, 6.07) is 21.0. The topological polar surface area (TPSA) is 2.70 Å². The molecule has 18 heavy (non-hydrogen) atoms. The van der Waals surface area contributed by atoms with Gasteiger partial charge in [-0.05, 0) is 5.70 Å². The van der Waals surface area contributed by atoms with E-state index in [4.69, 9.17) is 0 Å². The predicted octanol–water partition coefficient (Wildman–Crippen LogP) is 3.79. The van der Waals surface area contributed by atoms with Crippen LogP contribution in [0.4, 0.5) is 0 Å². The Labute approximate surface area is 110 Å². The lowest BCUT2D eigenvalue weighted by atomic mass is 10.3. The van der Waals surface area contributed by atoms with Gasteiger partial charge in [-0.3, -0.25) is 0 Å². The minimum atomic E-state index is -1.93. The van der Waals surface area contributed by atoms with Gasteiger partial charge >= 0.3 is 8.32 Å². The fourth-order valence-corrected chi connectivity index (χ4v) is 4.38. The van der Waals surface area contributed by atoms with Gasteiger partial charge in [0.25, 0.3) is 0 Å². The standard InChI is InChI=1S/C16H19OSi/c1-4-18(3,16-13-9-6-10-14-16)17(2)15-11-7-5-8-12-15/h4-14H,1H2,2-3H3/q+1. The van der Waals surface area contributed by atoms with Crippen LogP contribution in [0.3, 0.4) is 0 Å². The SMILES string of the molecule is C=C[Si](C)(c1ccccc1)[O+](C)c1ccccc1. The average Bonchev–Trinajstić information content (AvgIpc) is 2.47. The predicted molar refractivity (Wildman–Crippen MR) is 80.8 cm³/mol. The third-order valence-electron chi connectivity index (χ3n) is 3.47. The van der Waals surface area contributed by atoms with E-state index >= 15 is 0 Å². The maximum atomic E-state index is 4.05. The smallest absolute Gasteiger partial charge is 0.488 e. The second-order valence-corrected chi connectivity index (χ2v) is 8.31. The zero-order chi connectivity index (χ0) is 13.0. The number of para-hydroxylation sites is 1. The van der Waals surface area contributed by atoms with Crippen LogP contribution in [0.2, 0.25) is 6.55 Å². The summed E-state index contributed by atoms with van der Waals surface area (Å²) in [6.07, 6.45) is 0. The Balaban J connectivity index is 2.42. The molecule has 1 unspecified atom stereocenters. The van der Waals surface area contributed by atoms with Gasteiger partial charge in [0.1, 0.15) is 7.11 Å². The Hall–Kier alpha value is -1.80. The first kappa shape index (κ1) is 12.6. The van der Waals surface area contributed by atoms with Crippen molar-refractivity contribution in [1.29, 1.82) is 0 Å². The number of hydrogen-bond acceptors (Lipinski definition) is 0. The Morgan fingerprint density at radius 1 is 0.944 bits per heavy atom. The van der Waals surface area contributed by atoms with Crippen molar-refractivity contribution in [2.45, 2.75) is 6.55 Å².